The molecule has 29 heavy (non-hydrogen) atoms. The summed E-state index contributed by atoms with van der Waals surface area (Å²) < 4.78 is 37.2. The van der Waals surface area contributed by atoms with Crippen molar-refractivity contribution < 1.29 is 27.7 Å². The highest BCUT2D eigenvalue weighted by molar-refractivity contribution is 6.34. The summed E-state index contributed by atoms with van der Waals surface area (Å²) in [4.78, 5) is 36.0. The summed E-state index contributed by atoms with van der Waals surface area (Å²) in [6.45, 7) is -0.543. The molecule has 7 nitrogen and oxygen atoms in total. The average molecular weight is 430 g/mol. The van der Waals surface area contributed by atoms with Gasteiger partial charge in [0.1, 0.15) is 0 Å². The molecule has 0 spiro atoms. The Morgan fingerprint density at radius 3 is 2.41 bits per heavy atom. The molecule has 0 bridgehead atoms. The number of nitro groups is 1. The Bertz CT molecular complexity index is 950. The highest BCUT2D eigenvalue weighted by Crippen LogP contribution is 2.25. The summed E-state index contributed by atoms with van der Waals surface area (Å²) in [5.41, 5.74) is -0.308. The van der Waals surface area contributed by atoms with Crippen molar-refractivity contribution in [1.29, 1.82) is 0 Å². The minimum atomic E-state index is -4.41. The number of hydrogen-bond acceptors (Lipinski definition) is 4. The largest absolute Gasteiger partial charge is 0.390 e. The van der Waals surface area contributed by atoms with E-state index < -0.39 is 35.9 Å². The number of nitrogens with one attached hydrogen (secondary N) is 1. The Balaban J connectivity index is 2.21. The molecule has 0 aliphatic rings. The Morgan fingerprint density at radius 1 is 1.17 bits per heavy atom. The normalized spacial score (nSPS) is 11.1. The van der Waals surface area contributed by atoms with Crippen molar-refractivity contribution in [3.8, 4) is 0 Å². The number of halogens is 4. The van der Waals surface area contributed by atoms with E-state index >= 15 is 0 Å². The number of amides is 2. The van der Waals surface area contributed by atoms with Gasteiger partial charge in [-0.15, -0.1) is 0 Å². The fourth-order valence-corrected chi connectivity index (χ4v) is 2.63. The quantitative estimate of drug-likeness (QED) is 0.539. The van der Waals surface area contributed by atoms with E-state index in [4.69, 9.17) is 11.6 Å². The van der Waals surface area contributed by atoms with Crippen molar-refractivity contribution in [3.63, 3.8) is 0 Å². The summed E-state index contributed by atoms with van der Waals surface area (Å²) in [5.74, 6) is -1.44. The molecule has 2 rings (SSSR count). The summed E-state index contributed by atoms with van der Waals surface area (Å²) in [7, 11) is 1.22. The lowest BCUT2D eigenvalue weighted by atomic mass is 10.1. The zero-order valence-electron chi connectivity index (χ0n) is 15.0. The zero-order chi connectivity index (χ0) is 21.8. The summed E-state index contributed by atoms with van der Waals surface area (Å²) in [6, 6.07) is 9.07. The molecule has 0 aliphatic carbocycles. The van der Waals surface area contributed by atoms with Crippen molar-refractivity contribution >= 4 is 34.8 Å². The number of rotatable bonds is 6. The molecule has 2 aromatic carbocycles. The van der Waals surface area contributed by atoms with Gasteiger partial charge in [0.15, 0.2) is 0 Å². The molecule has 0 atom stereocenters. The molecule has 0 unspecified atom stereocenters. The molecular weight excluding hydrogens is 415 g/mol. The van der Waals surface area contributed by atoms with Gasteiger partial charge in [0.2, 0.25) is 0 Å². The van der Waals surface area contributed by atoms with Crippen LogP contribution in [0.1, 0.15) is 27.1 Å². The van der Waals surface area contributed by atoms with Crippen LogP contribution in [-0.2, 0) is 0 Å². The second-order valence-electron chi connectivity index (χ2n) is 6.01. The first-order valence-corrected chi connectivity index (χ1v) is 8.54. The molecule has 0 aliphatic heterocycles. The van der Waals surface area contributed by atoms with Gasteiger partial charge in [0.25, 0.3) is 17.5 Å². The number of hydrogen-bond donors (Lipinski definition) is 1. The van der Waals surface area contributed by atoms with Gasteiger partial charge in [-0.05, 0) is 18.2 Å². The van der Waals surface area contributed by atoms with Crippen LogP contribution in [0.2, 0.25) is 5.02 Å². The fourth-order valence-electron chi connectivity index (χ4n) is 2.37. The molecule has 0 saturated carbocycles. The van der Waals surface area contributed by atoms with Crippen LogP contribution >= 0.6 is 11.6 Å². The fraction of sp³-hybridized carbons (Fsp3) is 0.222. The predicted octanol–water partition coefficient (Wildman–Crippen LogP) is 4.52. The maximum Gasteiger partial charge on any atom is 0.390 e. The van der Waals surface area contributed by atoms with Crippen molar-refractivity contribution in [2.75, 3.05) is 18.9 Å². The van der Waals surface area contributed by atoms with Crippen LogP contribution in [0.25, 0.3) is 0 Å². The molecule has 2 amide bonds. The number of para-hydroxylation sites is 1. The van der Waals surface area contributed by atoms with Crippen LogP contribution in [-0.4, -0.2) is 41.4 Å². The molecule has 0 fully saturated rings. The van der Waals surface area contributed by atoms with Crippen LogP contribution in [0.5, 0.6) is 0 Å². The number of carbonyl (C=O) groups excluding carboxylic acids is 2. The minimum Gasteiger partial charge on any atom is -0.341 e. The SMILES string of the molecule is CN(CCC(F)(F)F)C(=O)c1ccccc1NC(=O)c1ccc([N+](=O)[O-])cc1Cl. The smallest absolute Gasteiger partial charge is 0.341 e. The Hall–Kier alpha value is -3.14. The number of non-ortho nitro benzene ring substituents is 1. The van der Waals surface area contributed by atoms with Gasteiger partial charge in [0.05, 0.1) is 33.2 Å². The summed E-state index contributed by atoms with van der Waals surface area (Å²) in [6.07, 6.45) is -5.57. The third kappa shape index (κ3) is 5.92. The van der Waals surface area contributed by atoms with Gasteiger partial charge >= 0.3 is 6.18 Å². The Kier molecular flexibility index (Phi) is 6.80. The maximum absolute atomic E-state index is 12.5. The maximum atomic E-state index is 12.5. The summed E-state index contributed by atoms with van der Waals surface area (Å²) >= 11 is 5.92. The number of nitrogens with zero attached hydrogens (tertiary/aromatic N) is 2. The van der Waals surface area contributed by atoms with E-state index in [0.717, 1.165) is 23.1 Å². The van der Waals surface area contributed by atoms with E-state index in [9.17, 15) is 32.9 Å². The Morgan fingerprint density at radius 2 is 1.83 bits per heavy atom. The van der Waals surface area contributed by atoms with Crippen molar-refractivity contribution in [3.05, 3.63) is 68.7 Å². The number of carbonyl (C=O) groups is 2. The Labute approximate surface area is 168 Å². The number of benzene rings is 2. The molecule has 0 aromatic heterocycles. The highest BCUT2D eigenvalue weighted by atomic mass is 35.5. The lowest BCUT2D eigenvalue weighted by Crippen LogP contribution is -2.31. The molecule has 0 radical (unpaired) electrons. The van der Waals surface area contributed by atoms with Crippen LogP contribution in [0, 0.1) is 10.1 Å². The number of nitro benzene ring substituents is 1. The zero-order valence-corrected chi connectivity index (χ0v) is 15.8. The monoisotopic (exact) mass is 429 g/mol. The topological polar surface area (TPSA) is 92.6 Å². The number of anilines is 1. The van der Waals surface area contributed by atoms with Gasteiger partial charge in [0, 0.05) is 25.7 Å². The molecule has 1 N–H and O–H groups in total. The number of alkyl halides is 3. The highest BCUT2D eigenvalue weighted by Gasteiger charge is 2.28. The first kappa shape index (κ1) is 22.2. The first-order chi connectivity index (χ1) is 13.5. The van der Waals surface area contributed by atoms with Gasteiger partial charge in [-0.3, -0.25) is 19.7 Å². The second-order valence-corrected chi connectivity index (χ2v) is 6.42. The van der Waals surface area contributed by atoms with Gasteiger partial charge < -0.3 is 10.2 Å². The van der Waals surface area contributed by atoms with Crippen LogP contribution < -0.4 is 5.32 Å². The van der Waals surface area contributed by atoms with Crippen molar-refractivity contribution in [2.45, 2.75) is 12.6 Å². The lowest BCUT2D eigenvalue weighted by molar-refractivity contribution is -0.384. The third-order valence-corrected chi connectivity index (χ3v) is 4.20. The van der Waals surface area contributed by atoms with Gasteiger partial charge in [-0.25, -0.2) is 0 Å². The van der Waals surface area contributed by atoms with E-state index in [1.54, 1.807) is 0 Å². The van der Waals surface area contributed by atoms with Crippen LogP contribution in [0.3, 0.4) is 0 Å². The van der Waals surface area contributed by atoms with E-state index in [-0.39, 0.29) is 27.5 Å². The molecular formula is C18H15ClF3N3O4. The van der Waals surface area contributed by atoms with Gasteiger partial charge in [-0.2, -0.15) is 13.2 Å². The third-order valence-electron chi connectivity index (χ3n) is 3.89. The minimum absolute atomic E-state index is 0.0106. The summed E-state index contributed by atoms with van der Waals surface area (Å²) in [5, 5.41) is 13.1. The molecule has 2 aromatic rings. The van der Waals surface area contributed by atoms with E-state index in [0.29, 0.717) is 0 Å². The molecule has 154 valence electrons. The lowest BCUT2D eigenvalue weighted by Gasteiger charge is -2.20. The molecule has 11 heteroatoms. The van der Waals surface area contributed by atoms with Crippen molar-refractivity contribution in [1.82, 2.24) is 4.90 Å². The predicted molar refractivity (Wildman–Crippen MR) is 100 cm³/mol. The van der Waals surface area contributed by atoms with E-state index in [2.05, 4.69) is 5.32 Å². The van der Waals surface area contributed by atoms with Gasteiger partial charge in [-0.1, -0.05) is 23.7 Å². The van der Waals surface area contributed by atoms with E-state index in [1.165, 1.54) is 31.3 Å². The standard InChI is InChI=1S/C18H15ClF3N3O4/c1-24(9-8-18(20,21)22)17(27)13-4-2-3-5-15(13)23-16(26)12-7-6-11(25(28)29)10-14(12)19/h2-7,10H,8-9H2,1H3,(H,23,26). The van der Waals surface area contributed by atoms with Crippen LogP contribution in [0.15, 0.2) is 42.5 Å². The first-order valence-electron chi connectivity index (χ1n) is 8.16. The molecule has 0 heterocycles. The average Bonchev–Trinajstić information content (AvgIpc) is 2.65. The van der Waals surface area contributed by atoms with Crippen LogP contribution in [0.4, 0.5) is 24.5 Å². The second kappa shape index (κ2) is 8.91. The van der Waals surface area contributed by atoms with E-state index in [1.807, 2.05) is 0 Å². The molecule has 0 saturated heterocycles. The van der Waals surface area contributed by atoms with Crippen molar-refractivity contribution in [2.24, 2.45) is 0 Å².